The van der Waals surface area contributed by atoms with E-state index in [0.717, 1.165) is 29.7 Å². The van der Waals surface area contributed by atoms with Crippen molar-refractivity contribution in [2.45, 2.75) is 18.9 Å². The molecule has 0 unspecified atom stereocenters. The maximum Gasteiger partial charge on any atom is 0.245 e. The number of carbonyl (C=O) groups is 1. The number of benzene rings is 2. The van der Waals surface area contributed by atoms with Crippen LogP contribution in [0.4, 0.5) is 0 Å². The molecule has 4 nitrogen and oxygen atoms in total. The fourth-order valence-electron chi connectivity index (χ4n) is 2.93. The zero-order chi connectivity index (χ0) is 16.9. The highest BCUT2D eigenvalue weighted by molar-refractivity contribution is 5.87. The fraction of sp³-hybridized carbons (Fsp3) is 0.250. The molecule has 0 spiro atoms. The van der Waals surface area contributed by atoms with E-state index in [1.165, 1.54) is 6.08 Å². The molecule has 1 N–H and O–H groups in total. The summed E-state index contributed by atoms with van der Waals surface area (Å²) in [6.07, 6.45) is 3.15. The van der Waals surface area contributed by atoms with Gasteiger partial charge in [0.15, 0.2) is 0 Å². The molecule has 0 aliphatic carbocycles. The SMILES string of the molecule is C=CC(=O)N1CCC(Oc2ccc(-c3cccc(O)c3)cc2)CC1. The highest BCUT2D eigenvalue weighted by Gasteiger charge is 2.22. The number of hydrogen-bond donors (Lipinski definition) is 1. The van der Waals surface area contributed by atoms with Crippen LogP contribution in [0.1, 0.15) is 12.8 Å². The van der Waals surface area contributed by atoms with E-state index < -0.39 is 0 Å². The topological polar surface area (TPSA) is 49.8 Å². The molecule has 124 valence electrons. The predicted molar refractivity (Wildman–Crippen MR) is 94.0 cm³/mol. The Bertz CT molecular complexity index is 716. The van der Waals surface area contributed by atoms with Gasteiger partial charge in [-0.15, -0.1) is 0 Å². The van der Waals surface area contributed by atoms with Crippen molar-refractivity contribution in [1.29, 1.82) is 0 Å². The first-order chi connectivity index (χ1) is 11.7. The quantitative estimate of drug-likeness (QED) is 0.874. The van der Waals surface area contributed by atoms with Crippen molar-refractivity contribution in [2.24, 2.45) is 0 Å². The van der Waals surface area contributed by atoms with Crippen LogP contribution in [-0.2, 0) is 4.79 Å². The number of phenolic OH excluding ortho intramolecular Hbond substituents is 1. The van der Waals surface area contributed by atoms with Gasteiger partial charge in [0, 0.05) is 25.9 Å². The number of amides is 1. The standard InChI is InChI=1S/C20H21NO3/c1-2-20(23)21-12-10-19(11-13-21)24-18-8-6-15(7-9-18)16-4-3-5-17(22)14-16/h2-9,14,19,22H,1,10-13H2. The van der Waals surface area contributed by atoms with Gasteiger partial charge in [0.2, 0.25) is 5.91 Å². The van der Waals surface area contributed by atoms with Crippen LogP contribution in [0.2, 0.25) is 0 Å². The molecule has 1 fully saturated rings. The number of aromatic hydroxyl groups is 1. The summed E-state index contributed by atoms with van der Waals surface area (Å²) in [5.41, 5.74) is 2.00. The molecular formula is C20H21NO3. The van der Waals surface area contributed by atoms with Crippen LogP contribution in [0.15, 0.2) is 61.2 Å². The third-order valence-corrected chi connectivity index (χ3v) is 4.26. The van der Waals surface area contributed by atoms with Gasteiger partial charge in [-0.3, -0.25) is 4.79 Å². The van der Waals surface area contributed by atoms with Crippen LogP contribution in [0.3, 0.4) is 0 Å². The van der Waals surface area contributed by atoms with Gasteiger partial charge in [-0.25, -0.2) is 0 Å². The molecule has 0 bridgehead atoms. The average Bonchev–Trinajstić information content (AvgIpc) is 2.62. The van der Waals surface area contributed by atoms with Gasteiger partial charge in [-0.05, 0) is 41.5 Å². The number of piperidine rings is 1. The number of ether oxygens (including phenoxy) is 1. The van der Waals surface area contributed by atoms with Crippen LogP contribution in [-0.4, -0.2) is 35.1 Å². The lowest BCUT2D eigenvalue weighted by atomic mass is 10.1. The smallest absolute Gasteiger partial charge is 0.245 e. The van der Waals surface area contributed by atoms with E-state index in [2.05, 4.69) is 6.58 Å². The van der Waals surface area contributed by atoms with E-state index in [4.69, 9.17) is 4.74 Å². The molecule has 0 atom stereocenters. The summed E-state index contributed by atoms with van der Waals surface area (Å²) < 4.78 is 6.02. The molecule has 1 aliphatic rings. The first-order valence-corrected chi connectivity index (χ1v) is 8.13. The summed E-state index contributed by atoms with van der Waals surface area (Å²) in [5.74, 6) is 1.07. The Morgan fingerprint density at radius 3 is 2.46 bits per heavy atom. The summed E-state index contributed by atoms with van der Waals surface area (Å²) in [6, 6.07) is 15.0. The van der Waals surface area contributed by atoms with Crippen molar-refractivity contribution >= 4 is 5.91 Å². The summed E-state index contributed by atoms with van der Waals surface area (Å²) >= 11 is 0. The van der Waals surface area contributed by atoms with E-state index >= 15 is 0 Å². The van der Waals surface area contributed by atoms with E-state index in [1.807, 2.05) is 36.4 Å². The van der Waals surface area contributed by atoms with Crippen molar-refractivity contribution in [2.75, 3.05) is 13.1 Å². The summed E-state index contributed by atoms with van der Waals surface area (Å²) in [7, 11) is 0. The average molecular weight is 323 g/mol. The molecule has 0 radical (unpaired) electrons. The zero-order valence-electron chi connectivity index (χ0n) is 13.5. The Morgan fingerprint density at radius 1 is 1.12 bits per heavy atom. The monoisotopic (exact) mass is 323 g/mol. The minimum Gasteiger partial charge on any atom is -0.508 e. The lowest BCUT2D eigenvalue weighted by Crippen LogP contribution is -2.41. The summed E-state index contributed by atoms with van der Waals surface area (Å²) in [5, 5.41) is 9.56. The molecule has 24 heavy (non-hydrogen) atoms. The Labute approximate surface area is 142 Å². The molecule has 4 heteroatoms. The number of likely N-dealkylation sites (tertiary alicyclic amines) is 1. The first kappa shape index (κ1) is 16.1. The summed E-state index contributed by atoms with van der Waals surface area (Å²) in [6.45, 7) is 4.93. The van der Waals surface area contributed by atoms with Crippen molar-refractivity contribution in [1.82, 2.24) is 4.90 Å². The van der Waals surface area contributed by atoms with Crippen molar-refractivity contribution in [3.8, 4) is 22.6 Å². The van der Waals surface area contributed by atoms with Crippen LogP contribution in [0.25, 0.3) is 11.1 Å². The number of hydrogen-bond acceptors (Lipinski definition) is 3. The molecule has 0 saturated carbocycles. The number of nitrogens with zero attached hydrogens (tertiary/aromatic N) is 1. The van der Waals surface area contributed by atoms with Gasteiger partial charge in [0.25, 0.3) is 0 Å². The Kier molecular flexibility index (Phi) is 4.85. The third kappa shape index (κ3) is 3.77. The van der Waals surface area contributed by atoms with Gasteiger partial charge in [0.05, 0.1) is 0 Å². The zero-order valence-corrected chi connectivity index (χ0v) is 13.5. The second kappa shape index (κ2) is 7.21. The normalized spacial score (nSPS) is 15.1. The maximum atomic E-state index is 11.6. The molecule has 2 aromatic rings. The predicted octanol–water partition coefficient (Wildman–Crippen LogP) is 3.62. The highest BCUT2D eigenvalue weighted by atomic mass is 16.5. The first-order valence-electron chi connectivity index (χ1n) is 8.13. The van der Waals surface area contributed by atoms with Crippen LogP contribution in [0, 0.1) is 0 Å². The second-order valence-corrected chi connectivity index (χ2v) is 5.92. The third-order valence-electron chi connectivity index (χ3n) is 4.26. The van der Waals surface area contributed by atoms with Gasteiger partial charge < -0.3 is 14.7 Å². The van der Waals surface area contributed by atoms with Gasteiger partial charge in [-0.1, -0.05) is 30.8 Å². The van der Waals surface area contributed by atoms with Crippen molar-refractivity contribution in [3.05, 3.63) is 61.2 Å². The molecule has 2 aromatic carbocycles. The molecule has 1 aliphatic heterocycles. The Balaban J connectivity index is 1.59. The Hall–Kier alpha value is -2.75. The van der Waals surface area contributed by atoms with E-state index in [0.29, 0.717) is 13.1 Å². The van der Waals surface area contributed by atoms with Gasteiger partial charge >= 0.3 is 0 Å². The largest absolute Gasteiger partial charge is 0.508 e. The lowest BCUT2D eigenvalue weighted by Gasteiger charge is -2.31. The fourth-order valence-corrected chi connectivity index (χ4v) is 2.93. The molecule has 0 aromatic heterocycles. The van der Waals surface area contributed by atoms with E-state index in [1.54, 1.807) is 17.0 Å². The second-order valence-electron chi connectivity index (χ2n) is 5.92. The number of carbonyl (C=O) groups excluding carboxylic acids is 1. The minimum absolute atomic E-state index is 0.0103. The van der Waals surface area contributed by atoms with Gasteiger partial charge in [-0.2, -0.15) is 0 Å². The minimum atomic E-state index is -0.0103. The van der Waals surface area contributed by atoms with E-state index in [9.17, 15) is 9.90 Å². The Morgan fingerprint density at radius 2 is 1.83 bits per heavy atom. The molecule has 1 saturated heterocycles. The molecule has 3 rings (SSSR count). The van der Waals surface area contributed by atoms with Crippen LogP contribution >= 0.6 is 0 Å². The van der Waals surface area contributed by atoms with E-state index in [-0.39, 0.29) is 17.8 Å². The van der Waals surface area contributed by atoms with Crippen LogP contribution in [0.5, 0.6) is 11.5 Å². The molecule has 1 amide bonds. The van der Waals surface area contributed by atoms with Crippen LogP contribution < -0.4 is 4.74 Å². The lowest BCUT2D eigenvalue weighted by molar-refractivity contribution is -0.127. The number of phenols is 1. The van der Waals surface area contributed by atoms with Gasteiger partial charge in [0.1, 0.15) is 17.6 Å². The van der Waals surface area contributed by atoms with Crippen molar-refractivity contribution < 1.29 is 14.6 Å². The van der Waals surface area contributed by atoms with Crippen molar-refractivity contribution in [3.63, 3.8) is 0 Å². The molecular weight excluding hydrogens is 302 g/mol. The maximum absolute atomic E-state index is 11.6. The highest BCUT2D eigenvalue weighted by Crippen LogP contribution is 2.26. The molecule has 1 heterocycles. The summed E-state index contributed by atoms with van der Waals surface area (Å²) in [4.78, 5) is 13.4. The number of rotatable bonds is 4.